The zero-order valence-electron chi connectivity index (χ0n) is 5.37. The third-order valence-electron chi connectivity index (χ3n) is 1.20. The van der Waals surface area contributed by atoms with E-state index < -0.39 is 0 Å². The van der Waals surface area contributed by atoms with Crippen LogP contribution in [-0.4, -0.2) is 0 Å². The Hall–Kier alpha value is 0.950. The lowest BCUT2D eigenvalue weighted by molar-refractivity contribution is 1.36. The van der Waals surface area contributed by atoms with Gasteiger partial charge in [-0.2, -0.15) is 0 Å². The zero-order chi connectivity index (χ0) is 8.43. The molecule has 0 unspecified atom stereocenters. The molecule has 0 aromatic heterocycles. The molecule has 1 rings (SSSR count). The molecule has 4 heteroatoms. The van der Waals surface area contributed by atoms with Gasteiger partial charge in [0.1, 0.15) is 0 Å². The molecule has 0 N–H and O–H groups in total. The highest BCUT2D eigenvalue weighted by molar-refractivity contribution is 9.14. The lowest BCUT2D eigenvalue weighted by Crippen LogP contribution is -1.80. The van der Waals surface area contributed by atoms with Gasteiger partial charge in [-0.15, -0.1) is 11.6 Å². The van der Waals surface area contributed by atoms with Gasteiger partial charge in [-0.3, -0.25) is 0 Å². The van der Waals surface area contributed by atoms with E-state index in [0.29, 0.717) is 5.88 Å². The Morgan fingerprint density at radius 3 is 1.91 bits per heavy atom. The number of alkyl halides is 1. The molecular formula is C7H4Br3Cl. The van der Waals surface area contributed by atoms with E-state index in [1.807, 2.05) is 12.1 Å². The van der Waals surface area contributed by atoms with Crippen molar-refractivity contribution >= 4 is 59.4 Å². The summed E-state index contributed by atoms with van der Waals surface area (Å²) in [5.74, 6) is 0.532. The summed E-state index contributed by atoms with van der Waals surface area (Å²) >= 11 is 15.9. The van der Waals surface area contributed by atoms with E-state index in [2.05, 4.69) is 47.8 Å². The van der Waals surface area contributed by atoms with Crippen molar-refractivity contribution in [2.75, 3.05) is 0 Å². The summed E-state index contributed by atoms with van der Waals surface area (Å²) in [7, 11) is 0. The molecule has 0 radical (unpaired) electrons. The van der Waals surface area contributed by atoms with Crippen molar-refractivity contribution in [1.29, 1.82) is 0 Å². The molecule has 0 heterocycles. The summed E-state index contributed by atoms with van der Waals surface area (Å²) < 4.78 is 3.05. The summed E-state index contributed by atoms with van der Waals surface area (Å²) in [6.45, 7) is 0. The second-order valence-corrected chi connectivity index (χ2v) is 4.78. The number of hydrogen-bond donors (Lipinski definition) is 0. The van der Waals surface area contributed by atoms with Crippen LogP contribution >= 0.6 is 59.4 Å². The maximum Gasteiger partial charge on any atom is 0.0474 e. The zero-order valence-corrected chi connectivity index (χ0v) is 10.9. The fourth-order valence-corrected chi connectivity index (χ4v) is 2.35. The standard InChI is InChI=1S/C7H4Br3Cl/c8-5-1-4(3-11)2-6(9)7(5)10/h1-2H,3H2. The summed E-state index contributed by atoms with van der Waals surface area (Å²) in [6, 6.07) is 3.98. The van der Waals surface area contributed by atoms with Crippen LogP contribution in [0.15, 0.2) is 25.6 Å². The van der Waals surface area contributed by atoms with Gasteiger partial charge in [-0.1, -0.05) is 0 Å². The minimum absolute atomic E-state index is 0.532. The van der Waals surface area contributed by atoms with Crippen LogP contribution in [0.5, 0.6) is 0 Å². The molecule has 0 fully saturated rings. The molecule has 0 aliphatic carbocycles. The van der Waals surface area contributed by atoms with Crippen LogP contribution in [0, 0.1) is 0 Å². The van der Waals surface area contributed by atoms with Crippen LogP contribution in [0.2, 0.25) is 0 Å². The normalized spacial score (nSPS) is 10.2. The summed E-state index contributed by atoms with van der Waals surface area (Å²) in [4.78, 5) is 0. The molecule has 0 nitrogen and oxygen atoms in total. The van der Waals surface area contributed by atoms with Crippen molar-refractivity contribution in [3.05, 3.63) is 31.1 Å². The van der Waals surface area contributed by atoms with Gasteiger partial charge in [-0.05, 0) is 65.5 Å². The van der Waals surface area contributed by atoms with Gasteiger partial charge >= 0.3 is 0 Å². The van der Waals surface area contributed by atoms with Gasteiger partial charge in [-0.25, -0.2) is 0 Å². The van der Waals surface area contributed by atoms with Gasteiger partial charge in [0.05, 0.1) is 0 Å². The smallest absolute Gasteiger partial charge is 0.0474 e. The fourth-order valence-electron chi connectivity index (χ4n) is 0.685. The highest BCUT2D eigenvalue weighted by atomic mass is 79.9. The number of rotatable bonds is 1. The predicted molar refractivity (Wildman–Crippen MR) is 59.1 cm³/mol. The van der Waals surface area contributed by atoms with Gasteiger partial charge < -0.3 is 0 Å². The van der Waals surface area contributed by atoms with Crippen molar-refractivity contribution in [2.24, 2.45) is 0 Å². The average Bonchev–Trinajstić information content (AvgIpc) is 1.99. The lowest BCUT2D eigenvalue weighted by Gasteiger charge is -2.02. The van der Waals surface area contributed by atoms with Crippen molar-refractivity contribution in [1.82, 2.24) is 0 Å². The van der Waals surface area contributed by atoms with Crippen molar-refractivity contribution in [2.45, 2.75) is 5.88 Å². The molecule has 11 heavy (non-hydrogen) atoms. The highest BCUT2D eigenvalue weighted by Crippen LogP contribution is 2.32. The molecular weight excluding hydrogens is 359 g/mol. The minimum Gasteiger partial charge on any atom is -0.122 e. The van der Waals surface area contributed by atoms with Crippen LogP contribution in [0.4, 0.5) is 0 Å². The van der Waals surface area contributed by atoms with E-state index in [1.54, 1.807) is 0 Å². The van der Waals surface area contributed by atoms with Crippen LogP contribution in [0.3, 0.4) is 0 Å². The molecule has 1 aromatic carbocycles. The average molecular weight is 363 g/mol. The van der Waals surface area contributed by atoms with E-state index in [-0.39, 0.29) is 0 Å². The third-order valence-corrected chi connectivity index (χ3v) is 4.68. The van der Waals surface area contributed by atoms with E-state index in [9.17, 15) is 0 Å². The summed E-state index contributed by atoms with van der Waals surface area (Å²) in [5.41, 5.74) is 1.09. The van der Waals surface area contributed by atoms with Gasteiger partial charge in [0, 0.05) is 19.3 Å². The SMILES string of the molecule is ClCc1cc(Br)c(Br)c(Br)c1. The predicted octanol–water partition coefficient (Wildman–Crippen LogP) is 4.71. The van der Waals surface area contributed by atoms with Crippen molar-refractivity contribution < 1.29 is 0 Å². The number of hydrogen-bond acceptors (Lipinski definition) is 0. The topological polar surface area (TPSA) is 0 Å². The maximum absolute atomic E-state index is 5.67. The van der Waals surface area contributed by atoms with E-state index in [1.165, 1.54) is 0 Å². The minimum atomic E-state index is 0.532. The van der Waals surface area contributed by atoms with Crippen molar-refractivity contribution in [3.63, 3.8) is 0 Å². The third kappa shape index (κ3) is 2.44. The molecule has 60 valence electrons. The first kappa shape index (κ1) is 10.0. The second kappa shape index (κ2) is 4.26. The van der Waals surface area contributed by atoms with E-state index in [0.717, 1.165) is 19.0 Å². The molecule has 0 bridgehead atoms. The Morgan fingerprint density at radius 1 is 1.09 bits per heavy atom. The first-order valence-electron chi connectivity index (χ1n) is 2.84. The van der Waals surface area contributed by atoms with Crippen LogP contribution in [0.1, 0.15) is 5.56 Å². The van der Waals surface area contributed by atoms with Gasteiger partial charge in [0.25, 0.3) is 0 Å². The molecule has 1 aromatic rings. The van der Waals surface area contributed by atoms with Gasteiger partial charge in [0.15, 0.2) is 0 Å². The monoisotopic (exact) mass is 360 g/mol. The van der Waals surface area contributed by atoms with Crippen LogP contribution in [-0.2, 0) is 5.88 Å². The Balaban J connectivity index is 3.21. The second-order valence-electron chi connectivity index (χ2n) is 2.01. The Kier molecular flexibility index (Phi) is 3.89. The molecule has 0 amide bonds. The van der Waals surface area contributed by atoms with Gasteiger partial charge in [0.2, 0.25) is 0 Å². The molecule has 0 atom stereocenters. The quantitative estimate of drug-likeness (QED) is 0.501. The molecule has 0 saturated carbocycles. The summed E-state index contributed by atoms with van der Waals surface area (Å²) in [5, 5.41) is 0. The fraction of sp³-hybridized carbons (Fsp3) is 0.143. The Bertz CT molecular complexity index is 249. The van der Waals surface area contributed by atoms with Crippen LogP contribution < -0.4 is 0 Å². The maximum atomic E-state index is 5.67. The number of benzene rings is 1. The Labute approximate surface area is 95.7 Å². The largest absolute Gasteiger partial charge is 0.122 e. The molecule has 0 saturated heterocycles. The van der Waals surface area contributed by atoms with Crippen molar-refractivity contribution in [3.8, 4) is 0 Å². The van der Waals surface area contributed by atoms with E-state index in [4.69, 9.17) is 11.6 Å². The lowest BCUT2D eigenvalue weighted by atomic mass is 10.2. The molecule has 0 aliphatic heterocycles. The first-order chi connectivity index (χ1) is 5.15. The highest BCUT2D eigenvalue weighted by Gasteiger charge is 2.03. The Morgan fingerprint density at radius 2 is 1.55 bits per heavy atom. The summed E-state index contributed by atoms with van der Waals surface area (Å²) in [6.07, 6.45) is 0. The van der Waals surface area contributed by atoms with Crippen LogP contribution in [0.25, 0.3) is 0 Å². The molecule has 0 aliphatic rings. The molecule has 0 spiro atoms. The first-order valence-corrected chi connectivity index (χ1v) is 5.76. The number of halogens is 4. The van der Waals surface area contributed by atoms with E-state index >= 15 is 0 Å².